The SMILES string of the molecule is COc1cc(OC)c2nc(N3CCc4c(c(C(N)=O)nn4C)C3)cc(C)c2c1. The highest BCUT2D eigenvalue weighted by molar-refractivity contribution is 5.93. The van der Waals surface area contributed by atoms with Gasteiger partial charge in [0, 0.05) is 49.3 Å². The van der Waals surface area contributed by atoms with Gasteiger partial charge in [0.05, 0.1) is 14.2 Å². The van der Waals surface area contributed by atoms with Crippen LogP contribution in [0.15, 0.2) is 18.2 Å². The summed E-state index contributed by atoms with van der Waals surface area (Å²) in [6.45, 7) is 3.36. The Morgan fingerprint density at radius 2 is 2.00 bits per heavy atom. The zero-order valence-corrected chi connectivity index (χ0v) is 16.4. The largest absolute Gasteiger partial charge is 0.497 e. The van der Waals surface area contributed by atoms with Crippen LogP contribution in [-0.4, -0.2) is 41.4 Å². The van der Waals surface area contributed by atoms with Crippen LogP contribution < -0.4 is 20.1 Å². The summed E-state index contributed by atoms with van der Waals surface area (Å²) in [5, 5.41) is 5.28. The van der Waals surface area contributed by atoms with Gasteiger partial charge in [-0.25, -0.2) is 4.98 Å². The molecular weight excluding hydrogens is 358 g/mol. The van der Waals surface area contributed by atoms with E-state index < -0.39 is 5.91 Å². The third-order valence-electron chi connectivity index (χ3n) is 5.30. The maximum Gasteiger partial charge on any atom is 0.269 e. The van der Waals surface area contributed by atoms with E-state index in [0.29, 0.717) is 18.0 Å². The highest BCUT2D eigenvalue weighted by Crippen LogP contribution is 2.35. The third kappa shape index (κ3) is 2.81. The van der Waals surface area contributed by atoms with E-state index in [-0.39, 0.29) is 0 Å². The molecule has 2 N–H and O–H groups in total. The Hall–Kier alpha value is -3.29. The van der Waals surface area contributed by atoms with Gasteiger partial charge in [-0.3, -0.25) is 9.48 Å². The molecular formula is C20H23N5O3. The minimum atomic E-state index is -0.505. The zero-order chi connectivity index (χ0) is 20.0. The number of hydrogen-bond acceptors (Lipinski definition) is 6. The van der Waals surface area contributed by atoms with Crippen LogP contribution in [0.4, 0.5) is 5.82 Å². The van der Waals surface area contributed by atoms with Gasteiger partial charge in [0.15, 0.2) is 5.69 Å². The topological polar surface area (TPSA) is 95.5 Å². The van der Waals surface area contributed by atoms with Crippen molar-refractivity contribution in [3.63, 3.8) is 0 Å². The lowest BCUT2D eigenvalue weighted by atomic mass is 10.0. The highest BCUT2D eigenvalue weighted by atomic mass is 16.5. The number of carbonyl (C=O) groups excluding carboxylic acids is 1. The van der Waals surface area contributed by atoms with Crippen molar-refractivity contribution in [3.05, 3.63) is 40.7 Å². The number of benzene rings is 1. The Kier molecular flexibility index (Phi) is 4.33. The van der Waals surface area contributed by atoms with E-state index in [9.17, 15) is 4.79 Å². The number of anilines is 1. The zero-order valence-electron chi connectivity index (χ0n) is 16.4. The molecule has 0 saturated heterocycles. The van der Waals surface area contributed by atoms with Gasteiger partial charge in [-0.1, -0.05) is 0 Å². The first-order valence-corrected chi connectivity index (χ1v) is 9.05. The van der Waals surface area contributed by atoms with Crippen LogP contribution in [0.25, 0.3) is 10.9 Å². The van der Waals surface area contributed by atoms with Crippen molar-refractivity contribution in [1.29, 1.82) is 0 Å². The summed E-state index contributed by atoms with van der Waals surface area (Å²) in [6.07, 6.45) is 0.768. The summed E-state index contributed by atoms with van der Waals surface area (Å²) in [5.74, 6) is 1.72. The van der Waals surface area contributed by atoms with Crippen LogP contribution in [0.5, 0.6) is 11.5 Å². The summed E-state index contributed by atoms with van der Waals surface area (Å²) >= 11 is 0. The van der Waals surface area contributed by atoms with Crippen LogP contribution in [-0.2, 0) is 20.0 Å². The first-order chi connectivity index (χ1) is 13.4. The van der Waals surface area contributed by atoms with E-state index >= 15 is 0 Å². The average molecular weight is 381 g/mol. The maximum atomic E-state index is 11.8. The van der Waals surface area contributed by atoms with Gasteiger partial charge in [-0.15, -0.1) is 0 Å². The molecule has 0 unspecified atom stereocenters. The molecule has 0 radical (unpaired) electrons. The molecule has 2 aromatic heterocycles. The first kappa shape index (κ1) is 18.1. The number of amides is 1. The second kappa shape index (κ2) is 6.70. The van der Waals surface area contributed by atoms with Crippen molar-refractivity contribution < 1.29 is 14.3 Å². The molecule has 0 spiro atoms. The van der Waals surface area contributed by atoms with Crippen LogP contribution >= 0.6 is 0 Å². The molecule has 8 nitrogen and oxygen atoms in total. The Bertz CT molecular complexity index is 1090. The molecule has 0 saturated carbocycles. The van der Waals surface area contributed by atoms with Gasteiger partial charge in [0.2, 0.25) is 0 Å². The molecule has 0 bridgehead atoms. The van der Waals surface area contributed by atoms with E-state index in [1.54, 1.807) is 18.9 Å². The molecule has 1 aliphatic rings. The number of hydrogen-bond donors (Lipinski definition) is 1. The fourth-order valence-electron chi connectivity index (χ4n) is 3.84. The lowest BCUT2D eigenvalue weighted by Crippen LogP contribution is -2.32. The number of aryl methyl sites for hydroxylation is 2. The summed E-state index contributed by atoms with van der Waals surface area (Å²) in [4.78, 5) is 18.8. The maximum absolute atomic E-state index is 11.8. The predicted octanol–water partition coefficient (Wildman–Crippen LogP) is 1.96. The monoisotopic (exact) mass is 381 g/mol. The van der Waals surface area contributed by atoms with Crippen LogP contribution in [0.1, 0.15) is 27.3 Å². The van der Waals surface area contributed by atoms with E-state index in [0.717, 1.165) is 52.3 Å². The molecule has 3 heterocycles. The van der Waals surface area contributed by atoms with E-state index in [1.807, 2.05) is 32.2 Å². The van der Waals surface area contributed by atoms with Crippen molar-refractivity contribution in [1.82, 2.24) is 14.8 Å². The lowest BCUT2D eigenvalue weighted by molar-refractivity contribution is 0.0994. The van der Waals surface area contributed by atoms with Gasteiger partial charge in [-0.05, 0) is 24.6 Å². The van der Waals surface area contributed by atoms with Crippen molar-refractivity contribution in [2.45, 2.75) is 19.9 Å². The summed E-state index contributed by atoms with van der Waals surface area (Å²) in [6, 6.07) is 5.84. The summed E-state index contributed by atoms with van der Waals surface area (Å²) in [7, 11) is 5.10. The lowest BCUT2D eigenvalue weighted by Gasteiger charge is -2.29. The van der Waals surface area contributed by atoms with Crippen LogP contribution in [0.3, 0.4) is 0 Å². The molecule has 146 valence electrons. The number of methoxy groups -OCH3 is 2. The number of carbonyl (C=O) groups is 1. The second-order valence-electron chi connectivity index (χ2n) is 6.96. The molecule has 1 aromatic carbocycles. The molecule has 4 rings (SSSR count). The van der Waals surface area contributed by atoms with Gasteiger partial charge >= 0.3 is 0 Å². The first-order valence-electron chi connectivity index (χ1n) is 9.05. The van der Waals surface area contributed by atoms with E-state index in [2.05, 4.69) is 10.00 Å². The number of nitrogens with zero attached hydrogens (tertiary/aromatic N) is 4. The number of ether oxygens (including phenoxy) is 2. The average Bonchev–Trinajstić information content (AvgIpc) is 3.03. The predicted molar refractivity (Wildman–Crippen MR) is 106 cm³/mol. The molecule has 8 heteroatoms. The molecule has 1 amide bonds. The van der Waals surface area contributed by atoms with Gasteiger partial charge < -0.3 is 20.1 Å². The van der Waals surface area contributed by atoms with Crippen molar-refractivity contribution in [2.75, 3.05) is 25.7 Å². The van der Waals surface area contributed by atoms with Crippen molar-refractivity contribution in [2.24, 2.45) is 12.8 Å². The van der Waals surface area contributed by atoms with E-state index in [4.69, 9.17) is 20.2 Å². The fraction of sp³-hybridized carbons (Fsp3) is 0.350. The van der Waals surface area contributed by atoms with Crippen molar-refractivity contribution in [3.8, 4) is 11.5 Å². The third-order valence-corrected chi connectivity index (χ3v) is 5.30. The van der Waals surface area contributed by atoms with Crippen LogP contribution in [0.2, 0.25) is 0 Å². The Labute approximate surface area is 162 Å². The molecule has 1 aliphatic heterocycles. The summed E-state index contributed by atoms with van der Waals surface area (Å²) < 4.78 is 12.7. The molecule has 0 fully saturated rings. The minimum absolute atomic E-state index is 0.335. The normalized spacial score (nSPS) is 13.5. The van der Waals surface area contributed by atoms with Crippen LogP contribution in [0, 0.1) is 6.92 Å². The number of fused-ring (bicyclic) bond motifs is 2. The quantitative estimate of drug-likeness (QED) is 0.742. The van der Waals surface area contributed by atoms with E-state index in [1.165, 1.54) is 0 Å². The van der Waals surface area contributed by atoms with Crippen molar-refractivity contribution >= 4 is 22.6 Å². The fourth-order valence-corrected chi connectivity index (χ4v) is 3.84. The highest BCUT2D eigenvalue weighted by Gasteiger charge is 2.27. The summed E-state index contributed by atoms with van der Waals surface area (Å²) in [5.41, 5.74) is 9.64. The smallest absolute Gasteiger partial charge is 0.269 e. The van der Waals surface area contributed by atoms with Gasteiger partial charge in [-0.2, -0.15) is 5.10 Å². The standard InChI is InChI=1S/C20H23N5O3/c1-11-7-17(22-18-13(11)8-12(27-3)9-16(18)28-4)25-6-5-15-14(10-25)19(20(21)26)23-24(15)2/h7-9H,5-6,10H2,1-4H3,(H2,21,26). The van der Waals surface area contributed by atoms with Gasteiger partial charge in [0.25, 0.3) is 5.91 Å². The number of rotatable bonds is 4. The molecule has 3 aromatic rings. The Balaban J connectivity index is 1.79. The molecule has 0 aliphatic carbocycles. The minimum Gasteiger partial charge on any atom is -0.497 e. The number of primary amides is 1. The Morgan fingerprint density at radius 1 is 1.21 bits per heavy atom. The van der Waals surface area contributed by atoms with Gasteiger partial charge in [0.1, 0.15) is 22.8 Å². The molecule has 0 atom stereocenters. The molecule has 28 heavy (non-hydrogen) atoms. The Morgan fingerprint density at radius 3 is 2.68 bits per heavy atom. The number of nitrogens with two attached hydrogens (primary N) is 1. The second-order valence-corrected chi connectivity index (χ2v) is 6.96. The number of aromatic nitrogens is 3. The number of pyridine rings is 1.